The molecule has 1 atom stereocenters. The van der Waals surface area contributed by atoms with Gasteiger partial charge in [-0.05, 0) is 29.7 Å². The first-order chi connectivity index (χ1) is 7.85. The van der Waals surface area contributed by atoms with Gasteiger partial charge in [-0.15, -0.1) is 13.2 Å². The molecule has 0 saturated heterocycles. The maximum atomic E-state index is 12.1. The summed E-state index contributed by atoms with van der Waals surface area (Å²) in [4.78, 5) is 0. The van der Waals surface area contributed by atoms with Crippen LogP contribution in [-0.2, 0) is 6.42 Å². The second kappa shape index (κ2) is 5.40. The summed E-state index contributed by atoms with van der Waals surface area (Å²) in [6.07, 6.45) is -4.08. The van der Waals surface area contributed by atoms with Gasteiger partial charge >= 0.3 is 6.36 Å². The topological polar surface area (TPSA) is 29.5 Å². The molecule has 0 spiro atoms. The molecule has 1 N–H and O–H groups in total. The number of aryl methyl sites for hydroxylation is 1. The van der Waals surface area contributed by atoms with Crippen molar-refractivity contribution in [1.82, 2.24) is 0 Å². The van der Waals surface area contributed by atoms with Crippen LogP contribution in [0.4, 0.5) is 13.2 Å². The molecular weight excluding hydrogens is 233 g/mol. The SMILES string of the molecule is CCc1cc(OC(F)(F)F)cc(C(C)CO)c1. The van der Waals surface area contributed by atoms with Gasteiger partial charge in [-0.3, -0.25) is 0 Å². The van der Waals surface area contributed by atoms with Gasteiger partial charge in [-0.1, -0.05) is 19.9 Å². The number of hydrogen-bond acceptors (Lipinski definition) is 2. The van der Waals surface area contributed by atoms with E-state index in [4.69, 9.17) is 5.11 Å². The first-order valence-electron chi connectivity index (χ1n) is 5.36. The average Bonchev–Trinajstić information content (AvgIpc) is 2.25. The van der Waals surface area contributed by atoms with Crippen LogP contribution in [-0.4, -0.2) is 18.1 Å². The maximum Gasteiger partial charge on any atom is 0.573 e. The Morgan fingerprint density at radius 1 is 1.29 bits per heavy atom. The van der Waals surface area contributed by atoms with Crippen molar-refractivity contribution in [3.8, 4) is 5.75 Å². The zero-order chi connectivity index (χ0) is 13.1. The minimum Gasteiger partial charge on any atom is -0.406 e. The highest BCUT2D eigenvalue weighted by Crippen LogP contribution is 2.28. The second-order valence-corrected chi connectivity index (χ2v) is 3.90. The van der Waals surface area contributed by atoms with Gasteiger partial charge in [0.05, 0.1) is 0 Å². The van der Waals surface area contributed by atoms with Gasteiger partial charge in [-0.2, -0.15) is 0 Å². The Morgan fingerprint density at radius 3 is 2.41 bits per heavy atom. The van der Waals surface area contributed by atoms with Crippen LogP contribution in [0.25, 0.3) is 0 Å². The van der Waals surface area contributed by atoms with Crippen molar-refractivity contribution >= 4 is 0 Å². The van der Waals surface area contributed by atoms with Crippen molar-refractivity contribution < 1.29 is 23.0 Å². The molecule has 0 fully saturated rings. The van der Waals surface area contributed by atoms with Crippen LogP contribution in [0.1, 0.15) is 30.9 Å². The first-order valence-corrected chi connectivity index (χ1v) is 5.36. The van der Waals surface area contributed by atoms with Crippen LogP contribution >= 0.6 is 0 Å². The molecule has 0 radical (unpaired) electrons. The third kappa shape index (κ3) is 4.26. The lowest BCUT2D eigenvalue weighted by atomic mass is 9.98. The average molecular weight is 248 g/mol. The van der Waals surface area contributed by atoms with Crippen molar-refractivity contribution in [1.29, 1.82) is 0 Å². The molecule has 1 unspecified atom stereocenters. The minimum absolute atomic E-state index is 0.112. The molecule has 2 nitrogen and oxygen atoms in total. The van der Waals surface area contributed by atoms with E-state index in [1.165, 1.54) is 12.1 Å². The van der Waals surface area contributed by atoms with E-state index in [1.807, 2.05) is 6.92 Å². The maximum absolute atomic E-state index is 12.1. The largest absolute Gasteiger partial charge is 0.573 e. The molecule has 1 aromatic rings. The summed E-state index contributed by atoms with van der Waals surface area (Å²) >= 11 is 0. The van der Waals surface area contributed by atoms with E-state index < -0.39 is 6.36 Å². The molecule has 1 rings (SSSR count). The number of ether oxygens (including phenoxy) is 1. The van der Waals surface area contributed by atoms with Crippen LogP contribution < -0.4 is 4.74 Å². The van der Waals surface area contributed by atoms with Gasteiger partial charge in [0.25, 0.3) is 0 Å². The van der Waals surface area contributed by atoms with Crippen LogP contribution in [0.2, 0.25) is 0 Å². The summed E-state index contributed by atoms with van der Waals surface area (Å²) in [7, 11) is 0. The fourth-order valence-electron chi connectivity index (χ4n) is 1.47. The van der Waals surface area contributed by atoms with Crippen LogP contribution in [0.5, 0.6) is 5.75 Å². The summed E-state index contributed by atoms with van der Waals surface area (Å²) in [5.41, 5.74) is 1.40. The van der Waals surface area contributed by atoms with E-state index in [2.05, 4.69) is 4.74 Å². The highest BCUT2D eigenvalue weighted by molar-refractivity contribution is 5.36. The van der Waals surface area contributed by atoms with Crippen LogP contribution in [0.3, 0.4) is 0 Å². The third-order valence-corrected chi connectivity index (χ3v) is 2.47. The van der Waals surface area contributed by atoms with E-state index in [0.717, 1.165) is 5.56 Å². The molecule has 96 valence electrons. The lowest BCUT2D eigenvalue weighted by molar-refractivity contribution is -0.274. The number of alkyl halides is 3. The molecule has 5 heteroatoms. The highest BCUT2D eigenvalue weighted by Gasteiger charge is 2.31. The van der Waals surface area contributed by atoms with Gasteiger partial charge in [0.15, 0.2) is 0 Å². The van der Waals surface area contributed by atoms with Gasteiger partial charge in [-0.25, -0.2) is 0 Å². The Kier molecular flexibility index (Phi) is 4.40. The van der Waals surface area contributed by atoms with E-state index in [9.17, 15) is 13.2 Å². The number of halogens is 3. The van der Waals surface area contributed by atoms with Crippen LogP contribution in [0.15, 0.2) is 18.2 Å². The van der Waals surface area contributed by atoms with Crippen molar-refractivity contribution in [2.45, 2.75) is 32.5 Å². The second-order valence-electron chi connectivity index (χ2n) is 3.90. The van der Waals surface area contributed by atoms with Gasteiger partial charge in [0, 0.05) is 12.5 Å². The number of aliphatic hydroxyl groups is 1. The number of aliphatic hydroxyl groups excluding tert-OH is 1. The molecule has 0 aliphatic carbocycles. The molecule has 0 bridgehead atoms. The van der Waals surface area contributed by atoms with Gasteiger partial charge < -0.3 is 9.84 Å². The molecule has 0 aromatic heterocycles. The Balaban J connectivity index is 3.05. The standard InChI is InChI=1S/C12H15F3O2/c1-3-9-4-10(8(2)7-16)6-11(5-9)17-12(13,14)15/h4-6,8,16H,3,7H2,1-2H3. The lowest BCUT2D eigenvalue weighted by Crippen LogP contribution is -2.17. The number of rotatable bonds is 4. The van der Waals surface area contributed by atoms with Crippen molar-refractivity contribution in [3.63, 3.8) is 0 Å². The predicted octanol–water partition coefficient (Wildman–Crippen LogP) is 3.24. The molecule has 0 amide bonds. The molecule has 0 saturated carbocycles. The summed E-state index contributed by atoms with van der Waals surface area (Å²) in [5.74, 6) is -0.441. The normalized spacial score (nSPS) is 13.5. The van der Waals surface area contributed by atoms with Crippen molar-refractivity contribution in [3.05, 3.63) is 29.3 Å². The molecule has 1 aromatic carbocycles. The Morgan fingerprint density at radius 2 is 1.94 bits per heavy atom. The van der Waals surface area contributed by atoms with Crippen molar-refractivity contribution in [2.24, 2.45) is 0 Å². The molecule has 0 aliphatic heterocycles. The summed E-state index contributed by atoms with van der Waals surface area (Å²) in [5, 5.41) is 9.01. The van der Waals surface area contributed by atoms with E-state index in [-0.39, 0.29) is 18.3 Å². The summed E-state index contributed by atoms with van der Waals surface area (Å²) in [6, 6.07) is 4.46. The first kappa shape index (κ1) is 13.8. The van der Waals surface area contributed by atoms with Crippen molar-refractivity contribution in [2.75, 3.05) is 6.61 Å². The lowest BCUT2D eigenvalue weighted by Gasteiger charge is -2.14. The third-order valence-electron chi connectivity index (χ3n) is 2.47. The molecule has 0 aliphatic rings. The fraction of sp³-hybridized carbons (Fsp3) is 0.500. The molecule has 17 heavy (non-hydrogen) atoms. The molecular formula is C12H15F3O2. The highest BCUT2D eigenvalue weighted by atomic mass is 19.4. The minimum atomic E-state index is -4.69. The Labute approximate surface area is 98.0 Å². The van der Waals surface area contributed by atoms with E-state index in [1.54, 1.807) is 13.0 Å². The Hall–Kier alpha value is -1.23. The number of hydrogen-bond donors (Lipinski definition) is 1. The summed E-state index contributed by atoms with van der Waals surface area (Å²) < 4.78 is 40.3. The predicted molar refractivity (Wildman–Crippen MR) is 58.0 cm³/mol. The number of benzene rings is 1. The zero-order valence-corrected chi connectivity index (χ0v) is 9.71. The van der Waals surface area contributed by atoms with Gasteiger partial charge in [0.1, 0.15) is 5.75 Å². The summed E-state index contributed by atoms with van der Waals surface area (Å²) in [6.45, 7) is 3.48. The van der Waals surface area contributed by atoms with Crippen LogP contribution in [0, 0.1) is 0 Å². The smallest absolute Gasteiger partial charge is 0.406 e. The molecule has 0 heterocycles. The quantitative estimate of drug-likeness (QED) is 0.886. The Bertz CT molecular complexity index is 375. The monoisotopic (exact) mass is 248 g/mol. The van der Waals surface area contributed by atoms with E-state index in [0.29, 0.717) is 12.0 Å². The van der Waals surface area contributed by atoms with E-state index >= 15 is 0 Å². The zero-order valence-electron chi connectivity index (χ0n) is 9.71. The fourth-order valence-corrected chi connectivity index (χ4v) is 1.47. The van der Waals surface area contributed by atoms with Gasteiger partial charge in [0.2, 0.25) is 0 Å².